The van der Waals surface area contributed by atoms with Gasteiger partial charge in [-0.15, -0.1) is 0 Å². The summed E-state index contributed by atoms with van der Waals surface area (Å²) in [6, 6.07) is 0. The minimum Gasteiger partial charge on any atom is -0.457 e. The molecule has 1 aliphatic heterocycles. The van der Waals surface area contributed by atoms with Gasteiger partial charge in [0, 0.05) is 11.5 Å². The molecule has 2 nitrogen and oxygen atoms in total. The summed E-state index contributed by atoms with van der Waals surface area (Å²) in [5.74, 6) is 1.55. The van der Waals surface area contributed by atoms with Crippen LogP contribution in [0.1, 0.15) is 13.8 Å². The predicted molar refractivity (Wildman–Crippen MR) is 58.8 cm³/mol. The van der Waals surface area contributed by atoms with Gasteiger partial charge in [0.15, 0.2) is 0 Å². The summed E-state index contributed by atoms with van der Waals surface area (Å²) in [6.45, 7) is 7.58. The van der Waals surface area contributed by atoms with E-state index in [1.165, 1.54) is 0 Å². The van der Waals surface area contributed by atoms with E-state index in [0.717, 1.165) is 17.1 Å². The van der Waals surface area contributed by atoms with Crippen LogP contribution in [0, 0.1) is 5.92 Å². The summed E-state index contributed by atoms with van der Waals surface area (Å²) in [6.07, 6.45) is -0.0684. The quantitative estimate of drug-likeness (QED) is 0.404. The van der Waals surface area contributed by atoms with Crippen molar-refractivity contribution in [1.82, 2.24) is 0 Å². The molecular weight excluding hydrogens is 204 g/mol. The van der Waals surface area contributed by atoms with E-state index in [1.54, 1.807) is 21.6 Å². The molecule has 4 heteroatoms. The highest BCUT2D eigenvalue weighted by Crippen LogP contribution is 2.33. The molecule has 0 N–H and O–H groups in total. The van der Waals surface area contributed by atoms with Crippen molar-refractivity contribution in [3.05, 3.63) is 12.2 Å². The zero-order chi connectivity index (χ0) is 9.84. The Balaban J connectivity index is 2.43. The molecule has 0 bridgehead atoms. The highest BCUT2D eigenvalue weighted by atomic mass is 33.1. The molecule has 0 aromatic carbocycles. The van der Waals surface area contributed by atoms with Gasteiger partial charge in [-0.3, -0.25) is 4.79 Å². The van der Waals surface area contributed by atoms with Crippen LogP contribution in [0.25, 0.3) is 0 Å². The maximum Gasteiger partial charge on any atom is 0.308 e. The van der Waals surface area contributed by atoms with Crippen molar-refractivity contribution < 1.29 is 9.53 Å². The number of hydrogen-bond donors (Lipinski definition) is 0. The fraction of sp³-hybridized carbons (Fsp3) is 0.667. The van der Waals surface area contributed by atoms with Gasteiger partial charge in [-0.2, -0.15) is 0 Å². The fourth-order valence-electron chi connectivity index (χ4n) is 0.832. The third-order valence-electron chi connectivity index (χ3n) is 1.73. The Morgan fingerprint density at radius 1 is 1.62 bits per heavy atom. The van der Waals surface area contributed by atoms with Crippen LogP contribution in [0.5, 0.6) is 0 Å². The maximum absolute atomic E-state index is 11.3. The maximum atomic E-state index is 11.3. The van der Waals surface area contributed by atoms with Gasteiger partial charge in [0.2, 0.25) is 0 Å². The van der Waals surface area contributed by atoms with Crippen molar-refractivity contribution in [3.63, 3.8) is 0 Å². The smallest absolute Gasteiger partial charge is 0.308 e. The van der Waals surface area contributed by atoms with Crippen LogP contribution in [0.3, 0.4) is 0 Å². The lowest BCUT2D eigenvalue weighted by molar-refractivity contribution is -0.150. The molecule has 74 valence electrons. The van der Waals surface area contributed by atoms with E-state index in [-0.39, 0.29) is 18.0 Å². The summed E-state index contributed by atoms with van der Waals surface area (Å²) < 4.78 is 5.29. The van der Waals surface area contributed by atoms with Crippen molar-refractivity contribution in [2.45, 2.75) is 20.0 Å². The Morgan fingerprint density at radius 2 is 2.31 bits per heavy atom. The van der Waals surface area contributed by atoms with Crippen molar-refractivity contribution >= 4 is 27.6 Å². The number of ether oxygens (including phenoxy) is 1. The van der Waals surface area contributed by atoms with E-state index in [0.29, 0.717) is 0 Å². The summed E-state index contributed by atoms with van der Waals surface area (Å²) in [5.41, 5.74) is 1.03. The van der Waals surface area contributed by atoms with E-state index >= 15 is 0 Å². The predicted octanol–water partition coefficient (Wildman–Crippen LogP) is 2.51. The van der Waals surface area contributed by atoms with Crippen LogP contribution < -0.4 is 0 Å². The van der Waals surface area contributed by atoms with Crippen molar-refractivity contribution in [3.8, 4) is 0 Å². The summed E-state index contributed by atoms with van der Waals surface area (Å²) >= 11 is 0. The van der Waals surface area contributed by atoms with Crippen LogP contribution in [-0.2, 0) is 9.53 Å². The third kappa shape index (κ3) is 3.27. The second kappa shape index (κ2) is 4.96. The molecule has 0 aromatic rings. The standard InChI is InChI=1S/C9H14O2S2/c1-6(2)9(10)11-8-5-13-12-4-7(8)3/h6,8H,3-5H2,1-2H3/t8-/m0/s1. The van der Waals surface area contributed by atoms with Gasteiger partial charge in [0.1, 0.15) is 6.10 Å². The molecule has 0 unspecified atom stereocenters. The Kier molecular flexibility index (Phi) is 4.19. The fourth-order valence-corrected chi connectivity index (χ4v) is 3.14. The number of hydrogen-bond acceptors (Lipinski definition) is 4. The molecule has 1 aliphatic rings. The first kappa shape index (κ1) is 11.0. The number of carbonyl (C=O) groups excluding carboxylic acids is 1. The van der Waals surface area contributed by atoms with Crippen LogP contribution in [0.4, 0.5) is 0 Å². The zero-order valence-electron chi connectivity index (χ0n) is 7.91. The van der Waals surface area contributed by atoms with E-state index in [9.17, 15) is 4.79 Å². The van der Waals surface area contributed by atoms with Gasteiger partial charge in [-0.25, -0.2) is 0 Å². The van der Waals surface area contributed by atoms with Gasteiger partial charge in [0.05, 0.1) is 5.92 Å². The van der Waals surface area contributed by atoms with Crippen molar-refractivity contribution in [2.24, 2.45) is 5.92 Å². The molecule has 0 spiro atoms. The molecule has 0 aromatic heterocycles. The lowest BCUT2D eigenvalue weighted by Crippen LogP contribution is -2.27. The van der Waals surface area contributed by atoms with Crippen LogP contribution in [0.2, 0.25) is 0 Å². The molecule has 1 rings (SSSR count). The molecule has 1 saturated heterocycles. The normalized spacial score (nSPS) is 23.3. The average Bonchev–Trinajstić information content (AvgIpc) is 2.08. The van der Waals surface area contributed by atoms with Gasteiger partial charge < -0.3 is 4.74 Å². The van der Waals surface area contributed by atoms with Crippen molar-refractivity contribution in [1.29, 1.82) is 0 Å². The summed E-state index contributed by atoms with van der Waals surface area (Å²) in [7, 11) is 3.51. The van der Waals surface area contributed by atoms with Crippen LogP contribution in [0.15, 0.2) is 12.2 Å². The largest absolute Gasteiger partial charge is 0.457 e. The second-order valence-corrected chi connectivity index (χ2v) is 5.79. The molecule has 13 heavy (non-hydrogen) atoms. The second-order valence-electron chi connectivity index (χ2n) is 3.29. The third-order valence-corrected chi connectivity index (χ3v) is 4.09. The summed E-state index contributed by atoms with van der Waals surface area (Å²) in [5, 5.41) is 0. The summed E-state index contributed by atoms with van der Waals surface area (Å²) in [4.78, 5) is 11.3. The Hall–Kier alpha value is -0.0900. The van der Waals surface area contributed by atoms with Crippen LogP contribution >= 0.6 is 21.6 Å². The minimum atomic E-state index is -0.126. The lowest BCUT2D eigenvalue weighted by atomic mass is 10.2. The molecule has 0 saturated carbocycles. The Bertz CT molecular complexity index is 214. The molecule has 0 radical (unpaired) electrons. The first-order chi connectivity index (χ1) is 6.11. The molecule has 1 atom stereocenters. The Labute approximate surface area is 86.9 Å². The lowest BCUT2D eigenvalue weighted by Gasteiger charge is -2.24. The Morgan fingerprint density at radius 3 is 2.85 bits per heavy atom. The van der Waals surface area contributed by atoms with Crippen LogP contribution in [-0.4, -0.2) is 23.6 Å². The minimum absolute atomic E-state index is 0.0487. The average molecular weight is 218 g/mol. The highest BCUT2D eigenvalue weighted by Gasteiger charge is 2.23. The zero-order valence-corrected chi connectivity index (χ0v) is 9.54. The molecular formula is C9H14O2S2. The molecule has 1 fully saturated rings. The molecule has 0 aliphatic carbocycles. The first-order valence-electron chi connectivity index (χ1n) is 4.24. The van der Waals surface area contributed by atoms with E-state index in [2.05, 4.69) is 6.58 Å². The van der Waals surface area contributed by atoms with Gasteiger partial charge in [-0.05, 0) is 5.57 Å². The van der Waals surface area contributed by atoms with Gasteiger partial charge in [-0.1, -0.05) is 42.0 Å². The van der Waals surface area contributed by atoms with E-state index < -0.39 is 0 Å². The topological polar surface area (TPSA) is 26.3 Å². The first-order valence-corrected chi connectivity index (χ1v) is 6.72. The highest BCUT2D eigenvalue weighted by molar-refractivity contribution is 8.76. The molecule has 0 amide bonds. The van der Waals surface area contributed by atoms with Crippen molar-refractivity contribution in [2.75, 3.05) is 11.5 Å². The number of carbonyl (C=O) groups is 1. The molecule has 1 heterocycles. The van der Waals surface area contributed by atoms with Gasteiger partial charge >= 0.3 is 5.97 Å². The van der Waals surface area contributed by atoms with E-state index in [4.69, 9.17) is 4.74 Å². The number of rotatable bonds is 2. The van der Waals surface area contributed by atoms with Gasteiger partial charge in [0.25, 0.3) is 0 Å². The SMILES string of the molecule is C=C1CSSC[C@@H]1OC(=O)C(C)C. The number of esters is 1. The van der Waals surface area contributed by atoms with E-state index in [1.807, 2.05) is 13.8 Å². The monoisotopic (exact) mass is 218 g/mol.